The van der Waals surface area contributed by atoms with Gasteiger partial charge in [-0.25, -0.2) is 0 Å². The SMILES string of the molecule is CCN(CC)c1ccc(NCCC(=O)NCCN2CCOCC2)c(C)c1. The third kappa shape index (κ3) is 6.50. The summed E-state index contributed by atoms with van der Waals surface area (Å²) in [5.74, 6) is 0.100. The smallest absolute Gasteiger partial charge is 0.221 e. The van der Waals surface area contributed by atoms with Crippen LogP contribution in [0.5, 0.6) is 0 Å². The zero-order chi connectivity index (χ0) is 18.8. The Morgan fingerprint density at radius 1 is 1.19 bits per heavy atom. The Balaban J connectivity index is 1.67. The number of nitrogens with zero attached hydrogens (tertiary/aromatic N) is 2. The number of carbonyl (C=O) groups excluding carboxylic acids is 1. The van der Waals surface area contributed by atoms with Crippen LogP contribution in [0.2, 0.25) is 0 Å². The summed E-state index contributed by atoms with van der Waals surface area (Å²) in [6.07, 6.45) is 0.486. The quantitative estimate of drug-likeness (QED) is 0.667. The molecule has 0 radical (unpaired) electrons. The van der Waals surface area contributed by atoms with E-state index in [4.69, 9.17) is 4.74 Å². The number of hydrogen-bond donors (Lipinski definition) is 2. The fourth-order valence-electron chi connectivity index (χ4n) is 3.21. The lowest BCUT2D eigenvalue weighted by atomic mass is 10.1. The fourth-order valence-corrected chi connectivity index (χ4v) is 3.21. The normalized spacial score (nSPS) is 14.9. The zero-order valence-corrected chi connectivity index (χ0v) is 16.5. The molecule has 1 amide bonds. The monoisotopic (exact) mass is 362 g/mol. The predicted molar refractivity (Wildman–Crippen MR) is 108 cm³/mol. The van der Waals surface area contributed by atoms with Gasteiger partial charge in [-0.1, -0.05) is 0 Å². The number of morpholine rings is 1. The molecule has 2 N–H and O–H groups in total. The Bertz CT molecular complexity index is 555. The molecular weight excluding hydrogens is 328 g/mol. The van der Waals surface area contributed by atoms with Crippen molar-refractivity contribution in [2.45, 2.75) is 27.2 Å². The highest BCUT2D eigenvalue weighted by molar-refractivity contribution is 5.76. The van der Waals surface area contributed by atoms with Crippen molar-refractivity contribution in [2.24, 2.45) is 0 Å². The van der Waals surface area contributed by atoms with Gasteiger partial charge in [0, 0.05) is 63.6 Å². The van der Waals surface area contributed by atoms with Gasteiger partial charge in [-0.15, -0.1) is 0 Å². The van der Waals surface area contributed by atoms with Gasteiger partial charge < -0.3 is 20.3 Å². The first-order chi connectivity index (χ1) is 12.6. The van der Waals surface area contributed by atoms with Crippen molar-refractivity contribution in [3.8, 4) is 0 Å². The summed E-state index contributed by atoms with van der Waals surface area (Å²) >= 11 is 0. The second-order valence-corrected chi connectivity index (χ2v) is 6.65. The van der Waals surface area contributed by atoms with Crippen molar-refractivity contribution in [2.75, 3.05) is 69.2 Å². The number of carbonyl (C=O) groups is 1. The molecule has 26 heavy (non-hydrogen) atoms. The van der Waals surface area contributed by atoms with Crippen LogP contribution in [0.1, 0.15) is 25.8 Å². The second-order valence-electron chi connectivity index (χ2n) is 6.65. The number of anilines is 2. The lowest BCUT2D eigenvalue weighted by molar-refractivity contribution is -0.120. The standard InChI is InChI=1S/C20H34N4O2/c1-4-24(5-2)18-6-7-19(17(3)16-18)21-9-8-20(25)22-10-11-23-12-14-26-15-13-23/h6-7,16,21H,4-5,8-15H2,1-3H3,(H,22,25). The minimum atomic E-state index is 0.100. The lowest BCUT2D eigenvalue weighted by Gasteiger charge is -2.26. The number of amides is 1. The molecule has 6 nitrogen and oxygen atoms in total. The zero-order valence-electron chi connectivity index (χ0n) is 16.5. The van der Waals surface area contributed by atoms with E-state index in [2.05, 4.69) is 59.4 Å². The van der Waals surface area contributed by atoms with E-state index in [1.54, 1.807) is 0 Å². The van der Waals surface area contributed by atoms with Crippen LogP contribution in [0.25, 0.3) is 0 Å². The Hall–Kier alpha value is -1.79. The number of ether oxygens (including phenoxy) is 1. The first-order valence-electron chi connectivity index (χ1n) is 9.80. The highest BCUT2D eigenvalue weighted by Gasteiger charge is 2.10. The van der Waals surface area contributed by atoms with Crippen LogP contribution in [-0.4, -0.2) is 69.8 Å². The average Bonchev–Trinajstić information content (AvgIpc) is 2.65. The fraction of sp³-hybridized carbons (Fsp3) is 0.650. The molecular formula is C20H34N4O2. The molecule has 0 aliphatic carbocycles. The van der Waals surface area contributed by atoms with Gasteiger partial charge in [-0.2, -0.15) is 0 Å². The summed E-state index contributed by atoms with van der Waals surface area (Å²) in [4.78, 5) is 16.6. The molecule has 6 heteroatoms. The van der Waals surface area contributed by atoms with E-state index in [9.17, 15) is 4.79 Å². The van der Waals surface area contributed by atoms with Crippen LogP contribution >= 0.6 is 0 Å². The highest BCUT2D eigenvalue weighted by Crippen LogP contribution is 2.22. The predicted octanol–water partition coefficient (Wildman–Crippen LogP) is 2.09. The van der Waals surface area contributed by atoms with E-state index >= 15 is 0 Å². The summed E-state index contributed by atoms with van der Waals surface area (Å²) in [5, 5.41) is 6.38. The highest BCUT2D eigenvalue weighted by atomic mass is 16.5. The van der Waals surface area contributed by atoms with Crippen molar-refractivity contribution in [3.63, 3.8) is 0 Å². The summed E-state index contributed by atoms with van der Waals surface area (Å²) in [6, 6.07) is 6.46. The van der Waals surface area contributed by atoms with Gasteiger partial charge in [0.1, 0.15) is 0 Å². The van der Waals surface area contributed by atoms with Crippen molar-refractivity contribution in [3.05, 3.63) is 23.8 Å². The largest absolute Gasteiger partial charge is 0.384 e. The number of hydrogen-bond acceptors (Lipinski definition) is 5. The molecule has 0 atom stereocenters. The number of aryl methyl sites for hydroxylation is 1. The van der Waals surface area contributed by atoms with E-state index in [0.717, 1.165) is 51.6 Å². The molecule has 0 unspecified atom stereocenters. The Morgan fingerprint density at radius 2 is 1.92 bits per heavy atom. The first-order valence-corrected chi connectivity index (χ1v) is 9.80. The summed E-state index contributed by atoms with van der Waals surface area (Å²) in [6.45, 7) is 14.2. The van der Waals surface area contributed by atoms with Crippen LogP contribution in [0.4, 0.5) is 11.4 Å². The minimum Gasteiger partial charge on any atom is -0.384 e. The van der Waals surface area contributed by atoms with Crippen molar-refractivity contribution < 1.29 is 9.53 Å². The van der Waals surface area contributed by atoms with E-state index < -0.39 is 0 Å². The Labute approximate surface area is 157 Å². The van der Waals surface area contributed by atoms with Gasteiger partial charge in [-0.05, 0) is 44.5 Å². The van der Waals surface area contributed by atoms with Crippen LogP contribution in [0, 0.1) is 6.92 Å². The van der Waals surface area contributed by atoms with Crippen molar-refractivity contribution >= 4 is 17.3 Å². The summed E-state index contributed by atoms with van der Waals surface area (Å²) < 4.78 is 5.33. The molecule has 1 saturated heterocycles. The maximum absolute atomic E-state index is 12.0. The molecule has 146 valence electrons. The third-order valence-corrected chi connectivity index (χ3v) is 4.86. The maximum atomic E-state index is 12.0. The average molecular weight is 363 g/mol. The van der Waals surface area contributed by atoms with E-state index in [1.165, 1.54) is 11.3 Å². The summed E-state index contributed by atoms with van der Waals surface area (Å²) in [7, 11) is 0. The van der Waals surface area contributed by atoms with E-state index in [0.29, 0.717) is 19.5 Å². The van der Waals surface area contributed by atoms with Gasteiger partial charge in [0.25, 0.3) is 0 Å². The molecule has 1 aliphatic rings. The van der Waals surface area contributed by atoms with Crippen LogP contribution in [0.15, 0.2) is 18.2 Å². The van der Waals surface area contributed by atoms with Crippen LogP contribution in [-0.2, 0) is 9.53 Å². The number of rotatable bonds is 10. The van der Waals surface area contributed by atoms with E-state index in [1.807, 2.05) is 0 Å². The molecule has 1 aliphatic heterocycles. The first kappa shape index (κ1) is 20.5. The van der Waals surface area contributed by atoms with Crippen molar-refractivity contribution in [1.82, 2.24) is 10.2 Å². The molecule has 1 aromatic carbocycles. The molecule has 0 saturated carbocycles. The van der Waals surface area contributed by atoms with Gasteiger partial charge >= 0.3 is 0 Å². The second kappa shape index (κ2) is 11.0. The Kier molecular flexibility index (Phi) is 8.71. The molecule has 1 heterocycles. The molecule has 2 rings (SSSR count). The van der Waals surface area contributed by atoms with Crippen LogP contribution < -0.4 is 15.5 Å². The van der Waals surface area contributed by atoms with Crippen LogP contribution in [0.3, 0.4) is 0 Å². The minimum absolute atomic E-state index is 0.100. The third-order valence-electron chi connectivity index (χ3n) is 4.86. The maximum Gasteiger partial charge on any atom is 0.221 e. The van der Waals surface area contributed by atoms with E-state index in [-0.39, 0.29) is 5.91 Å². The molecule has 1 aromatic rings. The summed E-state index contributed by atoms with van der Waals surface area (Å²) in [5.41, 5.74) is 3.56. The molecule has 0 bridgehead atoms. The number of nitrogens with one attached hydrogen (secondary N) is 2. The van der Waals surface area contributed by atoms with Crippen molar-refractivity contribution in [1.29, 1.82) is 0 Å². The Morgan fingerprint density at radius 3 is 2.58 bits per heavy atom. The molecule has 0 aromatic heterocycles. The van der Waals surface area contributed by atoms with Gasteiger partial charge in [0.05, 0.1) is 13.2 Å². The van der Waals surface area contributed by atoms with Gasteiger partial charge in [-0.3, -0.25) is 9.69 Å². The molecule has 0 spiro atoms. The topological polar surface area (TPSA) is 56.8 Å². The lowest BCUT2D eigenvalue weighted by Crippen LogP contribution is -2.41. The molecule has 1 fully saturated rings. The van der Waals surface area contributed by atoms with Gasteiger partial charge in [0.15, 0.2) is 0 Å². The van der Waals surface area contributed by atoms with Gasteiger partial charge in [0.2, 0.25) is 5.91 Å². The number of benzene rings is 1.